The van der Waals surface area contributed by atoms with Crippen molar-refractivity contribution in [1.29, 1.82) is 0 Å². The van der Waals surface area contributed by atoms with Crippen molar-refractivity contribution in [3.05, 3.63) is 42.0 Å². The molecule has 0 bridgehead atoms. The van der Waals surface area contributed by atoms with Gasteiger partial charge in [0.1, 0.15) is 6.54 Å². The Morgan fingerprint density at radius 3 is 2.39 bits per heavy atom. The van der Waals surface area contributed by atoms with E-state index in [4.69, 9.17) is 0 Å². The van der Waals surface area contributed by atoms with E-state index in [1.807, 2.05) is 36.4 Å². The molecule has 1 aromatic rings. The van der Waals surface area contributed by atoms with Gasteiger partial charge in [0.05, 0.1) is 20.6 Å². The molecule has 0 fully saturated rings. The predicted molar refractivity (Wildman–Crippen MR) is 72.6 cm³/mol. The van der Waals surface area contributed by atoms with Crippen LogP contribution in [0.1, 0.15) is 18.9 Å². The molecule has 0 amide bonds. The first kappa shape index (κ1) is 16.9. The minimum absolute atomic E-state index is 0. The van der Waals surface area contributed by atoms with Gasteiger partial charge in [-0.05, 0) is 18.1 Å². The molecule has 0 spiro atoms. The lowest BCUT2D eigenvalue weighted by atomic mass is 10.2. The number of nitrogens with zero attached hydrogens (tertiary/aromatic N) is 1. The standard InChI is InChI=1S/C15H22NO.ClH/c1-4-12-16(2,3)13-15(17)11-10-14-8-6-5-7-9-14;/h5-11H,4,12-13H2,1-3H3;1H/q+1;/p-1. The highest BCUT2D eigenvalue weighted by atomic mass is 35.5. The molecule has 0 radical (unpaired) electrons. The number of halogens is 1. The number of hydrogen-bond acceptors (Lipinski definition) is 1. The summed E-state index contributed by atoms with van der Waals surface area (Å²) in [7, 11) is 4.19. The molecule has 100 valence electrons. The van der Waals surface area contributed by atoms with Gasteiger partial charge in [0.2, 0.25) is 5.78 Å². The molecule has 2 nitrogen and oxygen atoms in total. The van der Waals surface area contributed by atoms with Gasteiger partial charge in [-0.25, -0.2) is 0 Å². The van der Waals surface area contributed by atoms with Crippen molar-refractivity contribution in [3.63, 3.8) is 0 Å². The van der Waals surface area contributed by atoms with Gasteiger partial charge < -0.3 is 16.9 Å². The molecule has 0 aliphatic heterocycles. The monoisotopic (exact) mass is 267 g/mol. The molecule has 0 N–H and O–H groups in total. The van der Waals surface area contributed by atoms with Crippen molar-refractivity contribution >= 4 is 11.9 Å². The van der Waals surface area contributed by atoms with E-state index in [2.05, 4.69) is 21.0 Å². The van der Waals surface area contributed by atoms with Crippen molar-refractivity contribution in [2.45, 2.75) is 13.3 Å². The fraction of sp³-hybridized carbons (Fsp3) is 0.400. The fourth-order valence-electron chi connectivity index (χ4n) is 1.91. The van der Waals surface area contributed by atoms with Crippen LogP contribution in [0.4, 0.5) is 0 Å². The number of ketones is 1. The second-order valence-electron chi connectivity index (χ2n) is 5.03. The molecule has 18 heavy (non-hydrogen) atoms. The Labute approximate surface area is 116 Å². The van der Waals surface area contributed by atoms with E-state index in [1.54, 1.807) is 6.08 Å². The zero-order valence-corrected chi connectivity index (χ0v) is 12.2. The average Bonchev–Trinajstić information content (AvgIpc) is 2.27. The van der Waals surface area contributed by atoms with Crippen molar-refractivity contribution < 1.29 is 21.7 Å². The van der Waals surface area contributed by atoms with E-state index in [0.717, 1.165) is 23.0 Å². The van der Waals surface area contributed by atoms with Gasteiger partial charge in [-0.1, -0.05) is 43.3 Å². The van der Waals surface area contributed by atoms with Gasteiger partial charge in [-0.15, -0.1) is 0 Å². The van der Waals surface area contributed by atoms with E-state index >= 15 is 0 Å². The third kappa shape index (κ3) is 6.58. The average molecular weight is 268 g/mol. The summed E-state index contributed by atoms with van der Waals surface area (Å²) in [6.45, 7) is 3.74. The van der Waals surface area contributed by atoms with Crippen LogP contribution < -0.4 is 12.4 Å². The first-order valence-electron chi connectivity index (χ1n) is 6.11. The maximum atomic E-state index is 11.8. The van der Waals surface area contributed by atoms with Gasteiger partial charge in [-0.2, -0.15) is 0 Å². The summed E-state index contributed by atoms with van der Waals surface area (Å²) in [6, 6.07) is 9.91. The molecular formula is C15H22ClNO. The fourth-order valence-corrected chi connectivity index (χ4v) is 1.91. The Bertz CT molecular complexity index is 385. The summed E-state index contributed by atoms with van der Waals surface area (Å²) in [5.41, 5.74) is 1.07. The number of carbonyl (C=O) groups excluding carboxylic acids is 1. The number of carbonyl (C=O) groups is 1. The Morgan fingerprint density at radius 1 is 1.22 bits per heavy atom. The van der Waals surface area contributed by atoms with E-state index < -0.39 is 0 Å². The topological polar surface area (TPSA) is 17.1 Å². The molecular weight excluding hydrogens is 246 g/mol. The smallest absolute Gasteiger partial charge is 0.209 e. The third-order valence-electron chi connectivity index (χ3n) is 2.67. The minimum Gasteiger partial charge on any atom is -1.00 e. The SMILES string of the molecule is CCC[N+](C)(C)CC(=O)C=Cc1ccccc1.[Cl-]. The minimum atomic E-state index is 0. The van der Waals surface area contributed by atoms with Gasteiger partial charge in [-0.3, -0.25) is 4.79 Å². The highest BCUT2D eigenvalue weighted by molar-refractivity contribution is 5.94. The van der Waals surface area contributed by atoms with Crippen LogP contribution in [0.2, 0.25) is 0 Å². The van der Waals surface area contributed by atoms with Crippen LogP contribution in [0, 0.1) is 0 Å². The maximum absolute atomic E-state index is 11.8. The van der Waals surface area contributed by atoms with Gasteiger partial charge in [0, 0.05) is 0 Å². The maximum Gasteiger partial charge on any atom is 0.209 e. The summed E-state index contributed by atoms with van der Waals surface area (Å²) in [4.78, 5) is 11.8. The lowest BCUT2D eigenvalue weighted by Crippen LogP contribution is -3.00. The van der Waals surface area contributed by atoms with Crippen LogP contribution in [0.5, 0.6) is 0 Å². The zero-order valence-electron chi connectivity index (χ0n) is 11.4. The van der Waals surface area contributed by atoms with Gasteiger partial charge in [0.15, 0.2) is 0 Å². The zero-order chi connectivity index (χ0) is 12.7. The lowest BCUT2D eigenvalue weighted by Gasteiger charge is -2.27. The van der Waals surface area contributed by atoms with Gasteiger partial charge >= 0.3 is 0 Å². The van der Waals surface area contributed by atoms with E-state index in [1.165, 1.54) is 0 Å². The van der Waals surface area contributed by atoms with E-state index in [-0.39, 0.29) is 18.2 Å². The van der Waals surface area contributed by atoms with Gasteiger partial charge in [0.25, 0.3) is 0 Å². The van der Waals surface area contributed by atoms with E-state index in [9.17, 15) is 4.79 Å². The highest BCUT2D eigenvalue weighted by Gasteiger charge is 2.16. The third-order valence-corrected chi connectivity index (χ3v) is 2.67. The lowest BCUT2D eigenvalue weighted by molar-refractivity contribution is -0.882. The Balaban J connectivity index is 0.00000289. The van der Waals surface area contributed by atoms with Crippen LogP contribution in [0.25, 0.3) is 6.08 Å². The van der Waals surface area contributed by atoms with Crippen molar-refractivity contribution in [2.24, 2.45) is 0 Å². The molecule has 0 aliphatic rings. The van der Waals surface area contributed by atoms with Crippen LogP contribution in [0.3, 0.4) is 0 Å². The molecule has 0 unspecified atom stereocenters. The number of benzene rings is 1. The molecule has 3 heteroatoms. The largest absolute Gasteiger partial charge is 1.00 e. The molecule has 1 rings (SSSR count). The summed E-state index contributed by atoms with van der Waals surface area (Å²) >= 11 is 0. The molecule has 0 aromatic heterocycles. The number of rotatable bonds is 6. The Hall–Kier alpha value is -1.12. The highest BCUT2D eigenvalue weighted by Crippen LogP contribution is 2.03. The molecule has 0 heterocycles. The molecule has 0 aliphatic carbocycles. The molecule has 0 atom stereocenters. The first-order chi connectivity index (χ1) is 8.03. The predicted octanol–water partition coefficient (Wildman–Crippen LogP) is -0.241. The molecule has 1 aromatic carbocycles. The second-order valence-corrected chi connectivity index (χ2v) is 5.03. The number of hydrogen-bond donors (Lipinski definition) is 0. The van der Waals surface area contributed by atoms with Crippen molar-refractivity contribution in [1.82, 2.24) is 0 Å². The second kappa shape index (κ2) is 8.06. The molecule has 0 saturated heterocycles. The first-order valence-corrected chi connectivity index (χ1v) is 6.11. The van der Waals surface area contributed by atoms with E-state index in [0.29, 0.717) is 6.54 Å². The number of likely N-dealkylation sites (N-methyl/N-ethyl adjacent to an activating group) is 1. The van der Waals surface area contributed by atoms with Crippen molar-refractivity contribution in [2.75, 3.05) is 27.2 Å². The summed E-state index contributed by atoms with van der Waals surface area (Å²) in [5, 5.41) is 0. The summed E-state index contributed by atoms with van der Waals surface area (Å²) in [6.07, 6.45) is 4.67. The summed E-state index contributed by atoms with van der Waals surface area (Å²) in [5.74, 6) is 0.187. The summed E-state index contributed by atoms with van der Waals surface area (Å²) < 4.78 is 0.758. The van der Waals surface area contributed by atoms with Crippen LogP contribution in [-0.4, -0.2) is 37.5 Å². The number of quaternary nitrogens is 1. The van der Waals surface area contributed by atoms with Crippen molar-refractivity contribution in [3.8, 4) is 0 Å². The quantitative estimate of drug-likeness (QED) is 0.514. The van der Waals surface area contributed by atoms with Crippen LogP contribution >= 0.6 is 0 Å². The van der Waals surface area contributed by atoms with Crippen LogP contribution in [-0.2, 0) is 4.79 Å². The van der Waals surface area contributed by atoms with Crippen LogP contribution in [0.15, 0.2) is 36.4 Å². The Kier molecular flexibility index (Phi) is 7.56. The molecule has 0 saturated carbocycles. The Morgan fingerprint density at radius 2 is 1.83 bits per heavy atom. The normalized spacial score (nSPS) is 11.3.